The van der Waals surface area contributed by atoms with Gasteiger partial charge in [-0.2, -0.15) is 0 Å². The van der Waals surface area contributed by atoms with E-state index in [0.29, 0.717) is 6.54 Å². The van der Waals surface area contributed by atoms with Gasteiger partial charge in [-0.1, -0.05) is 34.6 Å². The quantitative estimate of drug-likeness (QED) is 0.707. The van der Waals surface area contributed by atoms with E-state index in [2.05, 4.69) is 5.32 Å². The number of nitrogens with one attached hydrogen (secondary N) is 1. The first kappa shape index (κ1) is 18.4. The number of ketones is 1. The van der Waals surface area contributed by atoms with Gasteiger partial charge >= 0.3 is 0 Å². The van der Waals surface area contributed by atoms with Crippen LogP contribution in [0.2, 0.25) is 0 Å². The molecular formula is C10H26N2O. The number of carbonyl (C=O) groups excluding carboxylic acids is 1. The molecule has 0 heterocycles. The van der Waals surface area contributed by atoms with Gasteiger partial charge < -0.3 is 11.1 Å². The summed E-state index contributed by atoms with van der Waals surface area (Å²) >= 11 is 0. The number of Topliss-reactive ketones (excluding diaryl/α,β-unsaturated/α-hetero) is 1. The van der Waals surface area contributed by atoms with Crippen molar-refractivity contribution in [1.82, 2.24) is 5.32 Å². The summed E-state index contributed by atoms with van der Waals surface area (Å²) in [6.07, 6.45) is 0. The summed E-state index contributed by atoms with van der Waals surface area (Å²) in [5.74, 6) is 0.440. The standard InChI is InChI=1S/C6H13NO.C2H7N.C2H6/c1-5(2)6(8)4-7-3;1-2-3;1-2/h5,7H,4H2,1-3H3;2-3H2,1H3;1-2H3. The van der Waals surface area contributed by atoms with Crippen LogP contribution in [0.25, 0.3) is 0 Å². The predicted octanol–water partition coefficient (Wildman–Crippen LogP) is 1.42. The van der Waals surface area contributed by atoms with Crippen LogP contribution in [0.1, 0.15) is 34.6 Å². The van der Waals surface area contributed by atoms with Crippen molar-refractivity contribution in [3.63, 3.8) is 0 Å². The van der Waals surface area contributed by atoms with E-state index in [0.717, 1.165) is 6.54 Å². The Bertz CT molecular complexity index is 92.9. The topological polar surface area (TPSA) is 55.1 Å². The Balaban J connectivity index is -0.000000169. The highest BCUT2D eigenvalue weighted by atomic mass is 16.1. The van der Waals surface area contributed by atoms with E-state index in [4.69, 9.17) is 5.73 Å². The van der Waals surface area contributed by atoms with Crippen molar-refractivity contribution in [2.45, 2.75) is 34.6 Å². The van der Waals surface area contributed by atoms with E-state index in [1.807, 2.05) is 34.6 Å². The molecule has 0 aliphatic carbocycles. The second-order valence-corrected chi connectivity index (χ2v) is 2.56. The van der Waals surface area contributed by atoms with E-state index in [9.17, 15) is 4.79 Å². The largest absolute Gasteiger partial charge is 0.331 e. The molecule has 3 heteroatoms. The third-order valence-corrected chi connectivity index (χ3v) is 0.995. The van der Waals surface area contributed by atoms with Crippen molar-refractivity contribution in [1.29, 1.82) is 0 Å². The summed E-state index contributed by atoms with van der Waals surface area (Å²) in [5.41, 5.74) is 4.85. The molecule has 82 valence electrons. The zero-order chi connectivity index (χ0) is 11.3. The average molecular weight is 190 g/mol. The highest BCUT2D eigenvalue weighted by molar-refractivity contribution is 5.82. The van der Waals surface area contributed by atoms with Gasteiger partial charge in [0.2, 0.25) is 0 Å². The molecule has 0 unspecified atom stereocenters. The minimum atomic E-state index is 0.169. The number of nitrogens with two attached hydrogens (primary N) is 1. The molecule has 0 spiro atoms. The van der Waals surface area contributed by atoms with Gasteiger partial charge in [-0.05, 0) is 13.6 Å². The van der Waals surface area contributed by atoms with Gasteiger partial charge in [-0.25, -0.2) is 0 Å². The Kier molecular flexibility index (Phi) is 24.9. The number of likely N-dealkylation sites (N-methyl/N-ethyl adjacent to an activating group) is 1. The maximum Gasteiger partial charge on any atom is 0.149 e. The Morgan fingerprint density at radius 1 is 1.38 bits per heavy atom. The van der Waals surface area contributed by atoms with Crippen LogP contribution in [-0.2, 0) is 4.79 Å². The first-order chi connectivity index (χ1) is 6.09. The molecule has 0 saturated heterocycles. The molecule has 0 radical (unpaired) electrons. The van der Waals surface area contributed by atoms with E-state index >= 15 is 0 Å². The molecule has 0 fully saturated rings. The molecule has 3 N–H and O–H groups in total. The highest BCUT2D eigenvalue weighted by Crippen LogP contribution is 1.90. The monoisotopic (exact) mass is 190 g/mol. The van der Waals surface area contributed by atoms with Crippen molar-refractivity contribution in [2.24, 2.45) is 11.7 Å². The van der Waals surface area contributed by atoms with E-state index in [-0.39, 0.29) is 11.7 Å². The Morgan fingerprint density at radius 2 is 1.69 bits per heavy atom. The molecule has 0 saturated carbocycles. The average Bonchev–Trinajstić information content (AvgIpc) is 2.10. The lowest BCUT2D eigenvalue weighted by molar-refractivity contribution is -0.120. The second kappa shape index (κ2) is 17.6. The van der Waals surface area contributed by atoms with Crippen LogP contribution in [0.15, 0.2) is 0 Å². The summed E-state index contributed by atoms with van der Waals surface area (Å²) in [6, 6.07) is 0. The third kappa shape index (κ3) is 24.5. The van der Waals surface area contributed by atoms with E-state index in [1.54, 1.807) is 7.05 Å². The molecule has 0 aliphatic heterocycles. The molecule has 0 aromatic heterocycles. The lowest BCUT2D eigenvalue weighted by Crippen LogP contribution is -2.22. The zero-order valence-electron chi connectivity index (χ0n) is 9.98. The van der Waals surface area contributed by atoms with Gasteiger partial charge in [0.15, 0.2) is 0 Å². The SMILES string of the molecule is CC.CCN.CNCC(=O)C(C)C. The van der Waals surface area contributed by atoms with Crippen molar-refractivity contribution in [2.75, 3.05) is 20.1 Å². The fourth-order valence-corrected chi connectivity index (χ4v) is 0.378. The Labute approximate surface area is 83.1 Å². The maximum absolute atomic E-state index is 10.7. The fourth-order valence-electron chi connectivity index (χ4n) is 0.378. The molecule has 0 bridgehead atoms. The molecule has 0 atom stereocenters. The lowest BCUT2D eigenvalue weighted by Gasteiger charge is -2.00. The second-order valence-electron chi connectivity index (χ2n) is 2.56. The molecular weight excluding hydrogens is 164 g/mol. The van der Waals surface area contributed by atoms with Crippen LogP contribution in [-0.4, -0.2) is 25.9 Å². The molecule has 13 heavy (non-hydrogen) atoms. The molecule has 0 amide bonds. The van der Waals surface area contributed by atoms with Crippen LogP contribution >= 0.6 is 0 Å². The van der Waals surface area contributed by atoms with E-state index < -0.39 is 0 Å². The molecule has 0 aromatic rings. The van der Waals surface area contributed by atoms with Gasteiger partial charge in [-0.3, -0.25) is 4.79 Å². The summed E-state index contributed by atoms with van der Waals surface area (Å²) in [7, 11) is 1.78. The minimum absolute atomic E-state index is 0.169. The summed E-state index contributed by atoms with van der Waals surface area (Å²) < 4.78 is 0. The number of hydrogen-bond acceptors (Lipinski definition) is 3. The summed E-state index contributed by atoms with van der Waals surface area (Å²) in [5, 5.41) is 2.80. The summed E-state index contributed by atoms with van der Waals surface area (Å²) in [6.45, 7) is 11.0. The van der Waals surface area contributed by atoms with Gasteiger partial charge in [0.05, 0.1) is 6.54 Å². The van der Waals surface area contributed by atoms with Crippen LogP contribution in [0.5, 0.6) is 0 Å². The Hall–Kier alpha value is -0.410. The number of rotatable bonds is 3. The van der Waals surface area contributed by atoms with Crippen LogP contribution in [0, 0.1) is 5.92 Å². The van der Waals surface area contributed by atoms with Crippen LogP contribution < -0.4 is 11.1 Å². The minimum Gasteiger partial charge on any atom is -0.331 e. The summed E-state index contributed by atoms with van der Waals surface area (Å²) in [4.78, 5) is 10.7. The van der Waals surface area contributed by atoms with Gasteiger partial charge in [0.1, 0.15) is 5.78 Å². The van der Waals surface area contributed by atoms with Crippen molar-refractivity contribution >= 4 is 5.78 Å². The lowest BCUT2D eigenvalue weighted by atomic mass is 10.1. The van der Waals surface area contributed by atoms with Crippen molar-refractivity contribution in [3.05, 3.63) is 0 Å². The molecule has 0 aliphatic rings. The third-order valence-electron chi connectivity index (χ3n) is 0.995. The predicted molar refractivity (Wildman–Crippen MR) is 59.8 cm³/mol. The Morgan fingerprint density at radius 3 is 1.77 bits per heavy atom. The van der Waals surface area contributed by atoms with Crippen molar-refractivity contribution in [3.8, 4) is 0 Å². The van der Waals surface area contributed by atoms with Crippen LogP contribution in [0.4, 0.5) is 0 Å². The maximum atomic E-state index is 10.7. The van der Waals surface area contributed by atoms with Crippen LogP contribution in [0.3, 0.4) is 0 Å². The number of carbonyl (C=O) groups is 1. The fraction of sp³-hybridized carbons (Fsp3) is 0.900. The smallest absolute Gasteiger partial charge is 0.149 e. The first-order valence-electron chi connectivity index (χ1n) is 4.97. The zero-order valence-corrected chi connectivity index (χ0v) is 9.98. The van der Waals surface area contributed by atoms with Gasteiger partial charge in [-0.15, -0.1) is 0 Å². The molecule has 0 aromatic carbocycles. The van der Waals surface area contributed by atoms with Gasteiger partial charge in [0.25, 0.3) is 0 Å². The molecule has 3 nitrogen and oxygen atoms in total. The highest BCUT2D eigenvalue weighted by Gasteiger charge is 2.03. The van der Waals surface area contributed by atoms with Crippen molar-refractivity contribution < 1.29 is 4.79 Å². The number of hydrogen-bond donors (Lipinski definition) is 2. The normalized spacial score (nSPS) is 8.00. The van der Waals surface area contributed by atoms with Gasteiger partial charge in [0, 0.05) is 5.92 Å². The first-order valence-corrected chi connectivity index (χ1v) is 4.97. The molecule has 0 rings (SSSR count). The van der Waals surface area contributed by atoms with E-state index in [1.165, 1.54) is 0 Å².